The van der Waals surface area contributed by atoms with Gasteiger partial charge in [-0.05, 0) is 13.0 Å². The summed E-state index contributed by atoms with van der Waals surface area (Å²) in [5.74, 6) is 0.630. The number of rotatable bonds is 3. The van der Waals surface area contributed by atoms with Crippen LogP contribution < -0.4 is 10.5 Å². The van der Waals surface area contributed by atoms with E-state index in [1.165, 1.54) is 0 Å². The first kappa shape index (κ1) is 8.01. The third-order valence-electron chi connectivity index (χ3n) is 1.29. The quantitative estimate of drug-likeness (QED) is 0.697. The van der Waals surface area contributed by atoms with Gasteiger partial charge in [0.25, 0.3) is 0 Å². The summed E-state index contributed by atoms with van der Waals surface area (Å²) in [6, 6.07) is 5.54. The van der Waals surface area contributed by atoms with Crippen LogP contribution in [0.1, 0.15) is 6.92 Å². The molecule has 0 spiro atoms. The molecular formula is C8H12N2O. The van der Waals surface area contributed by atoms with Crippen molar-refractivity contribution >= 4 is 0 Å². The molecule has 1 aromatic rings. The van der Waals surface area contributed by atoms with Crippen molar-refractivity contribution in [3.8, 4) is 5.88 Å². The Hall–Kier alpha value is -1.09. The van der Waals surface area contributed by atoms with Crippen LogP contribution in [0.25, 0.3) is 0 Å². The van der Waals surface area contributed by atoms with E-state index in [2.05, 4.69) is 4.98 Å². The van der Waals surface area contributed by atoms with Gasteiger partial charge in [-0.25, -0.2) is 4.98 Å². The molecule has 1 heterocycles. The first-order chi connectivity index (χ1) is 5.33. The van der Waals surface area contributed by atoms with Gasteiger partial charge >= 0.3 is 0 Å². The highest BCUT2D eigenvalue weighted by Gasteiger charge is 1.99. The first-order valence-electron chi connectivity index (χ1n) is 3.60. The Morgan fingerprint density at radius 3 is 3.00 bits per heavy atom. The Kier molecular flexibility index (Phi) is 2.86. The van der Waals surface area contributed by atoms with Crippen LogP contribution in [0.15, 0.2) is 24.4 Å². The Labute approximate surface area is 66.2 Å². The molecule has 0 aromatic carbocycles. The van der Waals surface area contributed by atoms with E-state index < -0.39 is 0 Å². The average Bonchev–Trinajstić information content (AvgIpc) is 2.06. The van der Waals surface area contributed by atoms with E-state index in [-0.39, 0.29) is 6.10 Å². The van der Waals surface area contributed by atoms with Crippen LogP contribution >= 0.6 is 0 Å². The second-order valence-electron chi connectivity index (χ2n) is 2.33. The van der Waals surface area contributed by atoms with Crippen molar-refractivity contribution < 1.29 is 4.74 Å². The summed E-state index contributed by atoms with van der Waals surface area (Å²) in [5, 5.41) is 0. The fourth-order valence-electron chi connectivity index (χ4n) is 0.671. The maximum Gasteiger partial charge on any atom is 0.213 e. The Balaban J connectivity index is 2.51. The molecule has 0 aliphatic rings. The second-order valence-corrected chi connectivity index (χ2v) is 2.33. The van der Waals surface area contributed by atoms with Crippen LogP contribution in [0, 0.1) is 0 Å². The van der Waals surface area contributed by atoms with Crippen molar-refractivity contribution in [1.82, 2.24) is 4.98 Å². The van der Waals surface area contributed by atoms with Crippen LogP contribution in [0.3, 0.4) is 0 Å². The van der Waals surface area contributed by atoms with Crippen molar-refractivity contribution in [3.63, 3.8) is 0 Å². The molecule has 60 valence electrons. The average molecular weight is 152 g/mol. The van der Waals surface area contributed by atoms with Crippen LogP contribution in [-0.4, -0.2) is 17.6 Å². The molecule has 0 radical (unpaired) electrons. The molecule has 0 unspecified atom stereocenters. The maximum absolute atomic E-state index is 5.37. The number of hydrogen-bond donors (Lipinski definition) is 1. The van der Waals surface area contributed by atoms with E-state index in [0.29, 0.717) is 12.4 Å². The fourth-order valence-corrected chi connectivity index (χ4v) is 0.671. The zero-order valence-corrected chi connectivity index (χ0v) is 6.53. The molecule has 0 aliphatic carbocycles. The van der Waals surface area contributed by atoms with Gasteiger partial charge in [-0.3, -0.25) is 0 Å². The molecule has 0 saturated carbocycles. The van der Waals surface area contributed by atoms with Crippen molar-refractivity contribution in [2.75, 3.05) is 6.54 Å². The standard InChI is InChI=1S/C8H12N2O/c1-7(6-9)11-8-4-2-3-5-10-8/h2-5,7H,6,9H2,1H3/t7-/m0/s1. The van der Waals surface area contributed by atoms with Crippen LogP contribution in [0.4, 0.5) is 0 Å². The fraction of sp³-hybridized carbons (Fsp3) is 0.375. The minimum atomic E-state index is 0.0323. The smallest absolute Gasteiger partial charge is 0.213 e. The summed E-state index contributed by atoms with van der Waals surface area (Å²) in [7, 11) is 0. The van der Waals surface area contributed by atoms with Crippen molar-refractivity contribution in [3.05, 3.63) is 24.4 Å². The predicted molar refractivity (Wildman–Crippen MR) is 43.4 cm³/mol. The van der Waals surface area contributed by atoms with Crippen LogP contribution in [-0.2, 0) is 0 Å². The molecule has 0 aliphatic heterocycles. The Morgan fingerprint density at radius 2 is 2.45 bits per heavy atom. The van der Waals surface area contributed by atoms with Gasteiger partial charge in [-0.1, -0.05) is 6.07 Å². The normalized spacial score (nSPS) is 12.5. The topological polar surface area (TPSA) is 48.1 Å². The minimum Gasteiger partial charge on any atom is -0.473 e. The number of hydrogen-bond acceptors (Lipinski definition) is 3. The van der Waals surface area contributed by atoms with Crippen molar-refractivity contribution in [1.29, 1.82) is 0 Å². The van der Waals surface area contributed by atoms with Crippen molar-refractivity contribution in [2.45, 2.75) is 13.0 Å². The van der Waals surface area contributed by atoms with Gasteiger partial charge < -0.3 is 10.5 Å². The van der Waals surface area contributed by atoms with Crippen molar-refractivity contribution in [2.24, 2.45) is 5.73 Å². The lowest BCUT2D eigenvalue weighted by Crippen LogP contribution is -2.23. The Morgan fingerprint density at radius 1 is 1.64 bits per heavy atom. The number of nitrogens with two attached hydrogens (primary N) is 1. The zero-order chi connectivity index (χ0) is 8.10. The highest BCUT2D eigenvalue weighted by molar-refractivity contribution is 5.09. The molecule has 0 amide bonds. The van der Waals surface area contributed by atoms with Gasteiger partial charge in [0.15, 0.2) is 0 Å². The summed E-state index contributed by atoms with van der Waals surface area (Å²) < 4.78 is 5.33. The molecule has 0 fully saturated rings. The molecule has 0 bridgehead atoms. The molecule has 3 nitrogen and oxygen atoms in total. The third kappa shape index (κ3) is 2.55. The summed E-state index contributed by atoms with van der Waals surface area (Å²) in [6.07, 6.45) is 1.73. The van der Waals surface area contributed by atoms with Gasteiger partial charge in [0, 0.05) is 18.8 Å². The highest BCUT2D eigenvalue weighted by Crippen LogP contribution is 2.04. The summed E-state index contributed by atoms with van der Waals surface area (Å²) in [6.45, 7) is 2.42. The van der Waals surface area contributed by atoms with E-state index in [1.807, 2.05) is 25.1 Å². The van der Waals surface area contributed by atoms with Gasteiger partial charge in [0.1, 0.15) is 6.10 Å². The van der Waals surface area contributed by atoms with Gasteiger partial charge in [0.2, 0.25) is 5.88 Å². The molecule has 11 heavy (non-hydrogen) atoms. The molecular weight excluding hydrogens is 140 g/mol. The zero-order valence-electron chi connectivity index (χ0n) is 6.53. The molecule has 2 N–H and O–H groups in total. The molecule has 0 saturated heterocycles. The number of nitrogens with zero attached hydrogens (tertiary/aromatic N) is 1. The number of pyridine rings is 1. The van der Waals surface area contributed by atoms with Gasteiger partial charge in [-0.2, -0.15) is 0 Å². The van der Waals surface area contributed by atoms with E-state index in [4.69, 9.17) is 10.5 Å². The van der Waals surface area contributed by atoms with E-state index in [1.54, 1.807) is 6.20 Å². The van der Waals surface area contributed by atoms with Gasteiger partial charge in [0.05, 0.1) is 0 Å². The highest BCUT2D eigenvalue weighted by atomic mass is 16.5. The molecule has 1 rings (SSSR count). The van der Waals surface area contributed by atoms with E-state index in [9.17, 15) is 0 Å². The summed E-state index contributed by atoms with van der Waals surface area (Å²) in [4.78, 5) is 3.99. The molecule has 3 heteroatoms. The predicted octanol–water partition coefficient (Wildman–Crippen LogP) is 0.808. The van der Waals surface area contributed by atoms with E-state index in [0.717, 1.165) is 0 Å². The number of ether oxygens (including phenoxy) is 1. The Bertz CT molecular complexity index is 201. The monoisotopic (exact) mass is 152 g/mol. The second kappa shape index (κ2) is 3.93. The third-order valence-corrected chi connectivity index (χ3v) is 1.29. The van der Waals surface area contributed by atoms with Crippen LogP contribution in [0.2, 0.25) is 0 Å². The molecule has 1 atom stereocenters. The minimum absolute atomic E-state index is 0.0323. The summed E-state index contributed by atoms with van der Waals surface area (Å²) in [5.41, 5.74) is 5.37. The maximum atomic E-state index is 5.37. The van der Waals surface area contributed by atoms with Crippen LogP contribution in [0.5, 0.6) is 5.88 Å². The lowest BCUT2D eigenvalue weighted by molar-refractivity contribution is 0.220. The summed E-state index contributed by atoms with van der Waals surface area (Å²) >= 11 is 0. The first-order valence-corrected chi connectivity index (χ1v) is 3.60. The number of aromatic nitrogens is 1. The largest absolute Gasteiger partial charge is 0.473 e. The lowest BCUT2D eigenvalue weighted by Gasteiger charge is -2.10. The lowest BCUT2D eigenvalue weighted by atomic mass is 10.4. The van der Waals surface area contributed by atoms with Gasteiger partial charge in [-0.15, -0.1) is 0 Å². The van der Waals surface area contributed by atoms with E-state index >= 15 is 0 Å². The SMILES string of the molecule is C[C@@H](CN)Oc1ccccn1. The molecule has 1 aromatic heterocycles.